The molecule has 4 heteroatoms. The molecule has 0 aliphatic heterocycles. The molecule has 1 aromatic carbocycles. The maximum absolute atomic E-state index is 12.7. The maximum atomic E-state index is 12.7. The van der Waals surface area contributed by atoms with Gasteiger partial charge in [0.1, 0.15) is 0 Å². The van der Waals surface area contributed by atoms with E-state index in [2.05, 4.69) is 6.92 Å². The van der Waals surface area contributed by atoms with Crippen LogP contribution in [0.3, 0.4) is 0 Å². The van der Waals surface area contributed by atoms with E-state index in [-0.39, 0.29) is 0 Å². The van der Waals surface area contributed by atoms with Gasteiger partial charge in [-0.15, -0.1) is 0 Å². The van der Waals surface area contributed by atoms with Crippen LogP contribution in [0.25, 0.3) is 0 Å². The highest BCUT2D eigenvalue weighted by Gasteiger charge is 2.38. The van der Waals surface area contributed by atoms with Crippen molar-refractivity contribution in [3.05, 3.63) is 29.8 Å². The Morgan fingerprint density at radius 1 is 1.32 bits per heavy atom. The van der Waals surface area contributed by atoms with Gasteiger partial charge in [-0.25, -0.2) is 8.42 Å². The summed E-state index contributed by atoms with van der Waals surface area (Å²) in [5, 5.41) is 9.42. The highest BCUT2D eigenvalue weighted by molar-refractivity contribution is 7.92. The average Bonchev–Trinajstić information content (AvgIpc) is 2.39. The number of sulfone groups is 1. The minimum absolute atomic E-state index is 0.341. The molecule has 2 rings (SSSR count). The predicted molar refractivity (Wildman–Crippen MR) is 75.8 cm³/mol. The van der Waals surface area contributed by atoms with Crippen molar-refractivity contribution in [2.45, 2.75) is 55.8 Å². The zero-order valence-corrected chi connectivity index (χ0v) is 12.4. The van der Waals surface area contributed by atoms with Crippen LogP contribution in [0.4, 0.5) is 0 Å². The normalized spacial score (nSPS) is 28.3. The lowest BCUT2D eigenvalue weighted by Gasteiger charge is -2.32. The molecule has 1 N–H and O–H groups in total. The largest absolute Gasteiger partial charge is 0.392 e. The fourth-order valence-corrected chi connectivity index (χ4v) is 4.91. The molecular formula is C15H22O3S. The van der Waals surface area contributed by atoms with Gasteiger partial charge in [-0.05, 0) is 49.8 Å². The number of hydrogen-bond acceptors (Lipinski definition) is 3. The summed E-state index contributed by atoms with van der Waals surface area (Å²) >= 11 is 0. The smallest absolute Gasteiger partial charge is 0.183 e. The Kier molecular flexibility index (Phi) is 4.31. The van der Waals surface area contributed by atoms with Crippen molar-refractivity contribution >= 4 is 9.84 Å². The van der Waals surface area contributed by atoms with E-state index >= 15 is 0 Å². The molecule has 3 atom stereocenters. The minimum atomic E-state index is -3.43. The monoisotopic (exact) mass is 282 g/mol. The lowest BCUT2D eigenvalue weighted by molar-refractivity contribution is 0.111. The number of aliphatic hydroxyl groups excluding tert-OH is 1. The molecule has 0 heterocycles. The summed E-state index contributed by atoms with van der Waals surface area (Å²) in [5.41, 5.74) is 0.929. The zero-order chi connectivity index (χ0) is 14.0. The van der Waals surface area contributed by atoms with Gasteiger partial charge in [0, 0.05) is 0 Å². The number of rotatable bonds is 3. The van der Waals surface area contributed by atoms with E-state index in [9.17, 15) is 13.5 Å². The molecule has 0 amide bonds. The average molecular weight is 282 g/mol. The Morgan fingerprint density at radius 3 is 2.68 bits per heavy atom. The standard InChI is InChI=1S/C15H22O3S/c1-3-12-7-8-14(16)15(10-12)19(17,18)13-6-4-5-11(2)9-13/h4-6,9,12,14-16H,3,7-8,10H2,1-2H3. The zero-order valence-electron chi connectivity index (χ0n) is 11.5. The third kappa shape index (κ3) is 3.00. The van der Waals surface area contributed by atoms with Gasteiger partial charge in [0.15, 0.2) is 9.84 Å². The van der Waals surface area contributed by atoms with Gasteiger partial charge >= 0.3 is 0 Å². The number of aliphatic hydroxyl groups is 1. The van der Waals surface area contributed by atoms with Crippen LogP contribution < -0.4 is 0 Å². The van der Waals surface area contributed by atoms with E-state index in [1.54, 1.807) is 18.2 Å². The molecule has 0 aromatic heterocycles. The Labute approximate surface area is 115 Å². The lowest BCUT2D eigenvalue weighted by atomic mass is 9.85. The summed E-state index contributed by atoms with van der Waals surface area (Å²) in [4.78, 5) is 0.341. The van der Waals surface area contributed by atoms with Crippen LogP contribution >= 0.6 is 0 Å². The molecule has 0 spiro atoms. The second-order valence-electron chi connectivity index (χ2n) is 5.55. The predicted octanol–water partition coefficient (Wildman–Crippen LogP) is 2.71. The summed E-state index contributed by atoms with van der Waals surface area (Å²) in [7, 11) is -3.43. The summed E-state index contributed by atoms with van der Waals surface area (Å²) in [6.07, 6.45) is 2.35. The number of hydrogen-bond donors (Lipinski definition) is 1. The SMILES string of the molecule is CCC1CCC(O)C(S(=O)(=O)c2cccc(C)c2)C1. The molecular weight excluding hydrogens is 260 g/mol. The quantitative estimate of drug-likeness (QED) is 0.927. The molecule has 0 saturated heterocycles. The van der Waals surface area contributed by atoms with Crippen molar-refractivity contribution in [1.82, 2.24) is 0 Å². The van der Waals surface area contributed by atoms with Crippen molar-refractivity contribution in [1.29, 1.82) is 0 Å². The first-order valence-electron chi connectivity index (χ1n) is 6.93. The maximum Gasteiger partial charge on any atom is 0.183 e. The molecule has 1 aliphatic carbocycles. The molecule has 1 saturated carbocycles. The fourth-order valence-electron chi connectivity index (χ4n) is 2.87. The Balaban J connectivity index is 2.32. The molecule has 0 radical (unpaired) electrons. The van der Waals surface area contributed by atoms with E-state index in [0.717, 1.165) is 18.4 Å². The molecule has 1 aliphatic rings. The van der Waals surface area contributed by atoms with Gasteiger partial charge < -0.3 is 5.11 Å². The van der Waals surface area contributed by atoms with Crippen molar-refractivity contribution in [2.24, 2.45) is 5.92 Å². The van der Waals surface area contributed by atoms with Crippen LogP contribution in [-0.4, -0.2) is 24.9 Å². The van der Waals surface area contributed by atoms with Gasteiger partial charge in [0.05, 0.1) is 16.2 Å². The summed E-state index contributed by atoms with van der Waals surface area (Å²) in [6.45, 7) is 3.96. The van der Waals surface area contributed by atoms with Crippen LogP contribution in [0, 0.1) is 12.8 Å². The van der Waals surface area contributed by atoms with Gasteiger partial charge in [0.25, 0.3) is 0 Å². The second-order valence-corrected chi connectivity index (χ2v) is 7.72. The lowest BCUT2D eigenvalue weighted by Crippen LogP contribution is -2.39. The van der Waals surface area contributed by atoms with Crippen LogP contribution in [0.5, 0.6) is 0 Å². The van der Waals surface area contributed by atoms with E-state index in [1.807, 2.05) is 13.0 Å². The first kappa shape index (κ1) is 14.5. The molecule has 3 unspecified atom stereocenters. The van der Waals surface area contributed by atoms with E-state index in [1.165, 1.54) is 0 Å². The topological polar surface area (TPSA) is 54.4 Å². The highest BCUT2D eigenvalue weighted by Crippen LogP contribution is 2.34. The Hall–Kier alpha value is -0.870. The van der Waals surface area contributed by atoms with E-state index < -0.39 is 21.2 Å². The third-order valence-electron chi connectivity index (χ3n) is 4.16. The molecule has 1 aromatic rings. The number of benzene rings is 1. The Morgan fingerprint density at radius 2 is 2.05 bits per heavy atom. The van der Waals surface area contributed by atoms with E-state index in [0.29, 0.717) is 23.7 Å². The van der Waals surface area contributed by atoms with Crippen LogP contribution in [0.15, 0.2) is 29.2 Å². The van der Waals surface area contributed by atoms with Crippen LogP contribution in [0.1, 0.15) is 38.2 Å². The minimum Gasteiger partial charge on any atom is -0.392 e. The summed E-state index contributed by atoms with van der Waals surface area (Å²) < 4.78 is 25.3. The van der Waals surface area contributed by atoms with Crippen LogP contribution in [-0.2, 0) is 9.84 Å². The van der Waals surface area contributed by atoms with Crippen molar-refractivity contribution in [2.75, 3.05) is 0 Å². The summed E-state index contributed by atoms with van der Waals surface area (Å²) in [5.74, 6) is 0.410. The molecule has 3 nitrogen and oxygen atoms in total. The Bertz CT molecular complexity index is 536. The molecule has 0 bridgehead atoms. The van der Waals surface area contributed by atoms with E-state index in [4.69, 9.17) is 0 Å². The van der Waals surface area contributed by atoms with Crippen molar-refractivity contribution in [3.8, 4) is 0 Å². The second kappa shape index (κ2) is 5.63. The molecule has 19 heavy (non-hydrogen) atoms. The third-order valence-corrected chi connectivity index (χ3v) is 6.37. The first-order chi connectivity index (χ1) is 8.95. The van der Waals surface area contributed by atoms with Crippen molar-refractivity contribution < 1.29 is 13.5 Å². The van der Waals surface area contributed by atoms with Gasteiger partial charge in [-0.2, -0.15) is 0 Å². The van der Waals surface area contributed by atoms with Crippen molar-refractivity contribution in [3.63, 3.8) is 0 Å². The summed E-state index contributed by atoms with van der Waals surface area (Å²) in [6, 6.07) is 6.96. The highest BCUT2D eigenvalue weighted by atomic mass is 32.2. The molecule has 106 valence electrons. The van der Waals surface area contributed by atoms with Gasteiger partial charge in [-0.1, -0.05) is 25.5 Å². The number of aryl methyl sites for hydroxylation is 1. The fraction of sp³-hybridized carbons (Fsp3) is 0.600. The van der Waals surface area contributed by atoms with Crippen LogP contribution in [0.2, 0.25) is 0 Å². The first-order valence-corrected chi connectivity index (χ1v) is 8.48. The van der Waals surface area contributed by atoms with Gasteiger partial charge in [-0.3, -0.25) is 0 Å². The molecule has 1 fully saturated rings. The van der Waals surface area contributed by atoms with Gasteiger partial charge in [0.2, 0.25) is 0 Å².